The third-order valence-electron chi connectivity index (χ3n) is 6.17. The van der Waals surface area contributed by atoms with E-state index in [-0.39, 0.29) is 0 Å². The summed E-state index contributed by atoms with van der Waals surface area (Å²) in [7, 11) is -4.29. The molecule has 9 heteroatoms. The van der Waals surface area contributed by atoms with Crippen LogP contribution in [0.3, 0.4) is 0 Å². The Bertz CT molecular complexity index is 1760. The molecule has 0 atom stereocenters. The SMILES string of the molecule is Cc1ccc(-n2c(-c3ccccc3)cc(/C=N/NS(=O)(=O)c3ccccc3[N+](=O)[O-])c2-c2ccccc2)cc1. The van der Waals surface area contributed by atoms with Gasteiger partial charge in [0.25, 0.3) is 15.7 Å². The fourth-order valence-electron chi connectivity index (χ4n) is 4.35. The largest absolute Gasteiger partial charge is 0.309 e. The number of aryl methyl sites for hydroxylation is 1. The van der Waals surface area contributed by atoms with Gasteiger partial charge < -0.3 is 4.57 Å². The minimum absolute atomic E-state index is 0.461. The first-order valence-electron chi connectivity index (χ1n) is 12.1. The maximum atomic E-state index is 12.9. The topological polar surface area (TPSA) is 107 Å². The molecule has 1 heterocycles. The smallest absolute Gasteiger partial charge is 0.289 e. The lowest BCUT2D eigenvalue weighted by Crippen LogP contribution is -2.19. The highest BCUT2D eigenvalue weighted by molar-refractivity contribution is 7.89. The van der Waals surface area contributed by atoms with Crippen LogP contribution >= 0.6 is 0 Å². The maximum absolute atomic E-state index is 12.9. The second-order valence-corrected chi connectivity index (χ2v) is 10.4. The van der Waals surface area contributed by atoms with E-state index >= 15 is 0 Å². The molecule has 0 unspecified atom stereocenters. The lowest BCUT2D eigenvalue weighted by Gasteiger charge is -2.15. The lowest BCUT2D eigenvalue weighted by atomic mass is 10.1. The Hall–Kier alpha value is -5.02. The molecule has 0 aliphatic carbocycles. The molecule has 0 aliphatic heterocycles. The second-order valence-electron chi connectivity index (χ2n) is 8.81. The van der Waals surface area contributed by atoms with E-state index in [2.05, 4.69) is 14.5 Å². The molecular formula is C30H24N4O4S. The maximum Gasteiger partial charge on any atom is 0.289 e. The standard InChI is InChI=1S/C30H24N4O4S/c1-22-16-18-26(19-17-22)33-28(23-10-4-2-5-11-23)20-25(30(33)24-12-6-3-7-13-24)21-31-32-39(37,38)29-15-9-8-14-27(29)34(35)36/h2-21,32H,1H3/b31-21+. The average molecular weight is 537 g/mol. The van der Waals surface area contributed by atoms with Gasteiger partial charge in [0, 0.05) is 17.3 Å². The lowest BCUT2D eigenvalue weighted by molar-refractivity contribution is -0.387. The fraction of sp³-hybridized carbons (Fsp3) is 0.0333. The number of para-hydroxylation sites is 1. The van der Waals surface area contributed by atoms with Crippen LogP contribution in [0.2, 0.25) is 0 Å². The van der Waals surface area contributed by atoms with E-state index in [4.69, 9.17) is 0 Å². The summed E-state index contributed by atoms with van der Waals surface area (Å²) >= 11 is 0. The van der Waals surface area contributed by atoms with E-state index < -0.39 is 25.5 Å². The summed E-state index contributed by atoms with van der Waals surface area (Å²) in [6.45, 7) is 2.02. The number of sulfonamides is 1. The van der Waals surface area contributed by atoms with Crippen LogP contribution in [0.15, 0.2) is 125 Å². The van der Waals surface area contributed by atoms with Crippen LogP contribution in [0.25, 0.3) is 28.2 Å². The first-order valence-corrected chi connectivity index (χ1v) is 13.6. The van der Waals surface area contributed by atoms with Gasteiger partial charge in [-0.3, -0.25) is 10.1 Å². The molecule has 0 amide bonds. The van der Waals surface area contributed by atoms with Crippen molar-refractivity contribution in [2.24, 2.45) is 5.10 Å². The number of nitrogens with zero attached hydrogens (tertiary/aromatic N) is 3. The van der Waals surface area contributed by atoms with Gasteiger partial charge in [-0.1, -0.05) is 90.5 Å². The molecule has 1 aromatic heterocycles. The van der Waals surface area contributed by atoms with Gasteiger partial charge in [-0.05, 0) is 42.3 Å². The normalized spacial score (nSPS) is 11.5. The quantitative estimate of drug-likeness (QED) is 0.142. The molecule has 0 radical (unpaired) electrons. The fourth-order valence-corrected chi connectivity index (χ4v) is 5.32. The Morgan fingerprint density at radius 1 is 0.821 bits per heavy atom. The number of nitrogens with one attached hydrogen (secondary N) is 1. The Kier molecular flexibility index (Phi) is 7.07. The van der Waals surface area contributed by atoms with Crippen molar-refractivity contribution in [3.05, 3.63) is 137 Å². The zero-order chi connectivity index (χ0) is 27.4. The highest BCUT2D eigenvalue weighted by Gasteiger charge is 2.25. The van der Waals surface area contributed by atoms with E-state index in [1.54, 1.807) is 0 Å². The van der Waals surface area contributed by atoms with E-state index in [9.17, 15) is 18.5 Å². The van der Waals surface area contributed by atoms with Crippen molar-refractivity contribution in [2.45, 2.75) is 11.8 Å². The number of hydrogen-bond donors (Lipinski definition) is 1. The van der Waals surface area contributed by atoms with Crippen molar-refractivity contribution in [1.29, 1.82) is 0 Å². The molecule has 5 rings (SSSR count). The van der Waals surface area contributed by atoms with Crippen LogP contribution in [0.4, 0.5) is 5.69 Å². The van der Waals surface area contributed by atoms with Crippen molar-refractivity contribution >= 4 is 21.9 Å². The number of rotatable bonds is 8. The van der Waals surface area contributed by atoms with Gasteiger partial charge in [-0.2, -0.15) is 18.4 Å². The number of benzene rings is 4. The highest BCUT2D eigenvalue weighted by Crippen LogP contribution is 2.35. The van der Waals surface area contributed by atoms with Crippen molar-refractivity contribution in [2.75, 3.05) is 0 Å². The minimum Gasteiger partial charge on any atom is -0.309 e. The van der Waals surface area contributed by atoms with E-state index in [0.29, 0.717) is 5.56 Å². The summed E-state index contributed by atoms with van der Waals surface area (Å²) in [6.07, 6.45) is 1.42. The minimum atomic E-state index is -4.29. The van der Waals surface area contributed by atoms with Gasteiger partial charge in [0.2, 0.25) is 0 Å². The van der Waals surface area contributed by atoms with Gasteiger partial charge in [-0.25, -0.2) is 0 Å². The monoisotopic (exact) mass is 536 g/mol. The Morgan fingerprint density at radius 3 is 2.05 bits per heavy atom. The van der Waals surface area contributed by atoms with Crippen LogP contribution in [-0.2, 0) is 10.0 Å². The molecule has 8 nitrogen and oxygen atoms in total. The summed E-state index contributed by atoms with van der Waals surface area (Å²) in [5, 5.41) is 15.4. The van der Waals surface area contributed by atoms with Gasteiger partial charge in [0.05, 0.1) is 22.5 Å². The molecule has 4 aromatic carbocycles. The van der Waals surface area contributed by atoms with Crippen molar-refractivity contribution in [3.8, 4) is 28.2 Å². The Balaban J connectivity index is 1.65. The Labute approximate surface area is 226 Å². The van der Waals surface area contributed by atoms with Crippen molar-refractivity contribution < 1.29 is 13.3 Å². The summed E-state index contributed by atoms with van der Waals surface area (Å²) < 4.78 is 27.9. The second kappa shape index (κ2) is 10.8. The summed E-state index contributed by atoms with van der Waals surface area (Å²) in [5.74, 6) is 0. The molecule has 0 bridgehead atoms. The third kappa shape index (κ3) is 5.34. The molecular weight excluding hydrogens is 512 g/mol. The summed E-state index contributed by atoms with van der Waals surface area (Å²) in [4.78, 5) is 12.3. The first-order chi connectivity index (χ1) is 18.8. The molecule has 0 saturated heterocycles. The molecule has 194 valence electrons. The number of aromatic nitrogens is 1. The zero-order valence-corrected chi connectivity index (χ0v) is 21.7. The van der Waals surface area contributed by atoms with E-state index in [0.717, 1.165) is 39.8 Å². The van der Waals surface area contributed by atoms with E-state index in [1.807, 2.05) is 97.9 Å². The summed E-state index contributed by atoms with van der Waals surface area (Å²) in [6, 6.07) is 34.8. The molecule has 0 fully saturated rings. The Morgan fingerprint density at radius 2 is 1.41 bits per heavy atom. The highest BCUT2D eigenvalue weighted by atomic mass is 32.2. The molecule has 0 spiro atoms. The van der Waals surface area contributed by atoms with Gasteiger partial charge >= 0.3 is 0 Å². The molecule has 5 aromatic rings. The van der Waals surface area contributed by atoms with Crippen LogP contribution in [0.5, 0.6) is 0 Å². The first kappa shape index (κ1) is 25.6. The van der Waals surface area contributed by atoms with E-state index in [1.165, 1.54) is 24.4 Å². The van der Waals surface area contributed by atoms with Crippen LogP contribution in [0.1, 0.15) is 11.1 Å². The number of nitro benzene ring substituents is 1. The molecule has 0 saturated carbocycles. The zero-order valence-electron chi connectivity index (χ0n) is 20.9. The van der Waals surface area contributed by atoms with Gasteiger partial charge in [0.15, 0.2) is 4.90 Å². The van der Waals surface area contributed by atoms with Crippen molar-refractivity contribution in [1.82, 2.24) is 9.40 Å². The predicted octanol–water partition coefficient (Wildman–Crippen LogP) is 6.34. The molecule has 1 N–H and O–H groups in total. The number of nitro groups is 1. The van der Waals surface area contributed by atoms with Gasteiger partial charge in [0.1, 0.15) is 0 Å². The van der Waals surface area contributed by atoms with Crippen LogP contribution < -0.4 is 4.83 Å². The van der Waals surface area contributed by atoms with Gasteiger partial charge in [-0.15, -0.1) is 0 Å². The van der Waals surface area contributed by atoms with Crippen LogP contribution in [0, 0.1) is 17.0 Å². The number of hydrogen-bond acceptors (Lipinski definition) is 5. The molecule has 0 aliphatic rings. The predicted molar refractivity (Wildman–Crippen MR) is 152 cm³/mol. The molecule has 39 heavy (non-hydrogen) atoms. The van der Waals surface area contributed by atoms with Crippen LogP contribution in [-0.4, -0.2) is 24.1 Å². The van der Waals surface area contributed by atoms with Crippen molar-refractivity contribution in [3.63, 3.8) is 0 Å². The third-order valence-corrected chi connectivity index (χ3v) is 7.44. The average Bonchev–Trinajstić information content (AvgIpc) is 3.33. The summed E-state index contributed by atoms with van der Waals surface area (Å²) in [5.41, 5.74) is 5.76. The number of hydrazone groups is 1.